The second-order valence-corrected chi connectivity index (χ2v) is 5.78. The van der Waals surface area contributed by atoms with Gasteiger partial charge in [-0.15, -0.1) is 0 Å². The summed E-state index contributed by atoms with van der Waals surface area (Å²) in [7, 11) is 1.83. The quantitative estimate of drug-likeness (QED) is 0.916. The lowest BCUT2D eigenvalue weighted by Gasteiger charge is -2.24. The fourth-order valence-corrected chi connectivity index (χ4v) is 2.48. The van der Waals surface area contributed by atoms with Crippen LogP contribution < -0.4 is 14.8 Å². The lowest BCUT2D eigenvalue weighted by molar-refractivity contribution is -0.120. The normalized spacial score (nSPS) is 13.8. The van der Waals surface area contributed by atoms with Crippen molar-refractivity contribution in [3.05, 3.63) is 53.8 Å². The van der Waals surface area contributed by atoms with E-state index in [0.29, 0.717) is 23.7 Å². The first-order valence-electron chi connectivity index (χ1n) is 7.68. The zero-order valence-corrected chi connectivity index (χ0v) is 13.6. The fourth-order valence-electron chi connectivity index (χ4n) is 2.48. The van der Waals surface area contributed by atoms with Crippen LogP contribution in [-0.4, -0.2) is 30.7 Å². The molecule has 6 heteroatoms. The summed E-state index contributed by atoms with van der Waals surface area (Å²) < 4.78 is 23.8. The Morgan fingerprint density at radius 2 is 2.04 bits per heavy atom. The lowest BCUT2D eigenvalue weighted by atomic mass is 10.1. The van der Waals surface area contributed by atoms with Crippen LogP contribution in [0.3, 0.4) is 0 Å². The maximum absolute atomic E-state index is 13.3. The van der Waals surface area contributed by atoms with E-state index >= 15 is 0 Å². The number of fused-ring (bicyclic) bond motifs is 1. The summed E-state index contributed by atoms with van der Waals surface area (Å²) in [4.78, 5) is 14.3. The number of ether oxygens (including phenoxy) is 2. The number of likely N-dealkylation sites (N-methyl/N-ethyl adjacent to an activating group) is 1. The largest absolute Gasteiger partial charge is 0.454 e. The Kier molecular flexibility index (Phi) is 4.66. The highest BCUT2D eigenvalue weighted by Crippen LogP contribution is 2.34. The third-order valence-electron chi connectivity index (χ3n) is 4.00. The molecule has 0 unspecified atom stereocenters. The average molecular weight is 330 g/mol. The minimum absolute atomic E-state index is 0.146. The second-order valence-electron chi connectivity index (χ2n) is 5.78. The third-order valence-corrected chi connectivity index (χ3v) is 4.00. The van der Waals surface area contributed by atoms with Gasteiger partial charge in [-0.2, -0.15) is 0 Å². The minimum Gasteiger partial charge on any atom is -0.454 e. The van der Waals surface area contributed by atoms with Gasteiger partial charge >= 0.3 is 0 Å². The van der Waals surface area contributed by atoms with E-state index in [1.165, 1.54) is 12.1 Å². The summed E-state index contributed by atoms with van der Waals surface area (Å²) in [6, 6.07) is 11.3. The summed E-state index contributed by atoms with van der Waals surface area (Å²) in [5.41, 5.74) is 1.47. The van der Waals surface area contributed by atoms with Crippen LogP contribution in [0.1, 0.15) is 12.5 Å². The molecule has 0 radical (unpaired) electrons. The van der Waals surface area contributed by atoms with Gasteiger partial charge in [0, 0.05) is 18.3 Å². The lowest BCUT2D eigenvalue weighted by Crippen LogP contribution is -2.39. The van der Waals surface area contributed by atoms with Crippen molar-refractivity contribution < 1.29 is 18.7 Å². The number of carbonyl (C=O) groups is 1. The van der Waals surface area contributed by atoms with Crippen molar-refractivity contribution in [2.24, 2.45) is 0 Å². The number of hydrogen-bond acceptors (Lipinski definition) is 4. The summed E-state index contributed by atoms with van der Waals surface area (Å²) in [6.07, 6.45) is 0. The van der Waals surface area contributed by atoms with Crippen LogP contribution in [0, 0.1) is 5.82 Å². The number of benzene rings is 2. The van der Waals surface area contributed by atoms with Crippen molar-refractivity contribution in [1.29, 1.82) is 0 Å². The predicted octanol–water partition coefficient (Wildman–Crippen LogP) is 3.01. The highest BCUT2D eigenvalue weighted by atomic mass is 19.1. The van der Waals surface area contributed by atoms with Gasteiger partial charge in [-0.05, 0) is 43.8 Å². The Morgan fingerprint density at radius 1 is 1.25 bits per heavy atom. The number of carbonyl (C=O) groups excluding carboxylic acids is 1. The summed E-state index contributed by atoms with van der Waals surface area (Å²) in [6.45, 7) is 2.48. The van der Waals surface area contributed by atoms with Crippen molar-refractivity contribution in [2.45, 2.75) is 19.5 Å². The molecule has 0 saturated carbocycles. The van der Waals surface area contributed by atoms with Gasteiger partial charge < -0.3 is 14.8 Å². The van der Waals surface area contributed by atoms with Crippen molar-refractivity contribution in [1.82, 2.24) is 4.90 Å². The van der Waals surface area contributed by atoms with Gasteiger partial charge in [0.2, 0.25) is 12.7 Å². The number of halogens is 1. The van der Waals surface area contributed by atoms with Crippen molar-refractivity contribution >= 4 is 11.6 Å². The first-order valence-corrected chi connectivity index (χ1v) is 7.68. The van der Waals surface area contributed by atoms with Crippen LogP contribution in [0.2, 0.25) is 0 Å². The molecule has 0 spiro atoms. The molecule has 5 nitrogen and oxygen atoms in total. The molecule has 0 bridgehead atoms. The molecule has 2 aromatic carbocycles. The van der Waals surface area contributed by atoms with Gasteiger partial charge in [0.15, 0.2) is 11.5 Å². The Balaban J connectivity index is 1.61. The standard InChI is InChI=1S/C18H19FN2O3/c1-12(21(2)10-13-4-3-5-14(19)8-13)18(22)20-15-6-7-16-17(9-15)24-11-23-16/h3-9,12H,10-11H2,1-2H3,(H,20,22)/t12-/m1/s1. The molecule has 0 aliphatic carbocycles. The summed E-state index contributed by atoms with van der Waals surface area (Å²) >= 11 is 0. The van der Waals surface area contributed by atoms with Crippen LogP contribution in [-0.2, 0) is 11.3 Å². The second kappa shape index (κ2) is 6.88. The maximum Gasteiger partial charge on any atom is 0.241 e. The zero-order chi connectivity index (χ0) is 17.1. The Hall–Kier alpha value is -2.60. The van der Waals surface area contributed by atoms with Crippen LogP contribution in [0.4, 0.5) is 10.1 Å². The van der Waals surface area contributed by atoms with Gasteiger partial charge in [0.1, 0.15) is 5.82 Å². The van der Waals surface area contributed by atoms with Crippen LogP contribution in [0.25, 0.3) is 0 Å². The molecule has 0 saturated heterocycles. The van der Waals surface area contributed by atoms with E-state index in [1.54, 1.807) is 24.3 Å². The molecule has 1 aliphatic heterocycles. The molecule has 1 N–H and O–H groups in total. The van der Waals surface area contributed by atoms with Gasteiger partial charge in [-0.3, -0.25) is 9.69 Å². The molecule has 3 rings (SSSR count). The molecule has 0 fully saturated rings. The summed E-state index contributed by atoms with van der Waals surface area (Å²) in [5, 5.41) is 2.86. The molecule has 24 heavy (non-hydrogen) atoms. The highest BCUT2D eigenvalue weighted by Gasteiger charge is 2.20. The highest BCUT2D eigenvalue weighted by molar-refractivity contribution is 5.94. The van der Waals surface area contributed by atoms with Crippen molar-refractivity contribution in [3.63, 3.8) is 0 Å². The number of rotatable bonds is 5. The van der Waals surface area contributed by atoms with E-state index in [0.717, 1.165) is 5.56 Å². The molecule has 1 heterocycles. The average Bonchev–Trinajstić information content (AvgIpc) is 3.01. The molecule has 1 amide bonds. The number of nitrogens with one attached hydrogen (secondary N) is 1. The molecule has 0 aromatic heterocycles. The molecular formula is C18H19FN2O3. The van der Waals surface area contributed by atoms with Crippen molar-refractivity contribution in [3.8, 4) is 11.5 Å². The monoisotopic (exact) mass is 330 g/mol. The summed E-state index contributed by atoms with van der Waals surface area (Å²) in [5.74, 6) is 0.865. The van der Waals surface area contributed by atoms with Crippen LogP contribution >= 0.6 is 0 Å². The molecular weight excluding hydrogens is 311 g/mol. The van der Waals surface area contributed by atoms with E-state index < -0.39 is 0 Å². The van der Waals surface area contributed by atoms with E-state index in [-0.39, 0.29) is 24.6 Å². The smallest absolute Gasteiger partial charge is 0.241 e. The van der Waals surface area contributed by atoms with E-state index in [4.69, 9.17) is 9.47 Å². The number of hydrogen-bond donors (Lipinski definition) is 1. The first kappa shape index (κ1) is 16.3. The number of anilines is 1. The van der Waals surface area contributed by atoms with Gasteiger partial charge in [0.25, 0.3) is 0 Å². The first-order chi connectivity index (χ1) is 11.5. The van der Waals surface area contributed by atoms with Gasteiger partial charge in [-0.25, -0.2) is 4.39 Å². The fraction of sp³-hybridized carbons (Fsp3) is 0.278. The SMILES string of the molecule is C[C@H](C(=O)Nc1ccc2c(c1)OCO2)N(C)Cc1cccc(F)c1. The third kappa shape index (κ3) is 3.65. The van der Waals surface area contributed by atoms with E-state index in [9.17, 15) is 9.18 Å². The van der Waals surface area contributed by atoms with Gasteiger partial charge in [-0.1, -0.05) is 12.1 Å². The Labute approximate surface area is 140 Å². The molecule has 126 valence electrons. The van der Waals surface area contributed by atoms with Gasteiger partial charge in [0.05, 0.1) is 6.04 Å². The van der Waals surface area contributed by atoms with Crippen LogP contribution in [0.15, 0.2) is 42.5 Å². The van der Waals surface area contributed by atoms with E-state index in [2.05, 4.69) is 5.32 Å². The number of amides is 1. The van der Waals surface area contributed by atoms with Crippen LogP contribution in [0.5, 0.6) is 11.5 Å². The minimum atomic E-state index is -0.376. The predicted molar refractivity (Wildman–Crippen MR) is 88.5 cm³/mol. The Bertz CT molecular complexity index is 751. The Morgan fingerprint density at radius 3 is 2.83 bits per heavy atom. The molecule has 1 atom stereocenters. The maximum atomic E-state index is 13.3. The number of nitrogens with zero attached hydrogens (tertiary/aromatic N) is 1. The molecule has 2 aromatic rings. The zero-order valence-electron chi connectivity index (χ0n) is 13.6. The van der Waals surface area contributed by atoms with Crippen molar-refractivity contribution in [2.75, 3.05) is 19.2 Å². The molecule has 1 aliphatic rings. The topological polar surface area (TPSA) is 50.8 Å². The van der Waals surface area contributed by atoms with E-state index in [1.807, 2.05) is 24.9 Å².